The molecule has 3 aromatic rings. The Morgan fingerprint density at radius 2 is 1.65 bits per heavy atom. The van der Waals surface area contributed by atoms with E-state index in [4.69, 9.17) is 10.7 Å². The van der Waals surface area contributed by atoms with Crippen LogP contribution in [0.15, 0.2) is 54.6 Å². The van der Waals surface area contributed by atoms with Crippen LogP contribution < -0.4 is 11.1 Å². The van der Waals surface area contributed by atoms with Crippen LogP contribution in [0.3, 0.4) is 0 Å². The summed E-state index contributed by atoms with van der Waals surface area (Å²) in [6.45, 7) is 4.44. The number of likely N-dealkylation sites (tertiary alicyclic amines) is 1. The minimum Gasteiger partial charge on any atom is -0.341 e. The van der Waals surface area contributed by atoms with Gasteiger partial charge in [-0.2, -0.15) is 0 Å². The molecule has 1 aliphatic carbocycles. The lowest BCUT2D eigenvalue weighted by Gasteiger charge is -2.48. The average molecular weight is 460 g/mol. The van der Waals surface area contributed by atoms with Gasteiger partial charge in [0.25, 0.3) is 0 Å². The molecule has 1 atom stereocenters. The number of nitrogens with zero attached hydrogens (tertiary/aromatic N) is 3. The van der Waals surface area contributed by atoms with Gasteiger partial charge in [-0.25, -0.2) is 4.98 Å². The lowest BCUT2D eigenvalue weighted by molar-refractivity contribution is 0.0362. The highest BCUT2D eigenvalue weighted by atomic mass is 15.3. The van der Waals surface area contributed by atoms with Crippen LogP contribution in [0.2, 0.25) is 0 Å². The molecule has 1 unspecified atom stereocenters. The van der Waals surface area contributed by atoms with E-state index in [2.05, 4.69) is 76.3 Å². The van der Waals surface area contributed by atoms with Crippen LogP contribution in [0.4, 0.5) is 5.95 Å². The summed E-state index contributed by atoms with van der Waals surface area (Å²) in [6, 6.07) is 20.3. The van der Waals surface area contributed by atoms with Crippen molar-refractivity contribution in [3.8, 4) is 0 Å². The van der Waals surface area contributed by atoms with E-state index in [1.54, 1.807) is 0 Å². The smallest absolute Gasteiger partial charge is 0.205 e. The standard InChI is InChI=1S/C29H41N5/c1-2-12-27(30)32-28-31-25-15-8-9-16-26(25)34(28)24-17-21-33(22-18-24)29(19-10-3-4-11-20-29)23-13-6-5-7-14-23/h5-9,13-16,24,27H,2-4,10-12,17-22,30H2,1H3,(H,31,32). The molecule has 3 N–H and O–H groups in total. The highest BCUT2D eigenvalue weighted by Crippen LogP contribution is 2.44. The minimum absolute atomic E-state index is 0.0620. The fraction of sp³-hybridized carbons (Fsp3) is 0.552. The number of anilines is 1. The summed E-state index contributed by atoms with van der Waals surface area (Å²) < 4.78 is 2.45. The van der Waals surface area contributed by atoms with E-state index in [9.17, 15) is 0 Å². The summed E-state index contributed by atoms with van der Waals surface area (Å²) in [5, 5.41) is 3.53. The van der Waals surface area contributed by atoms with Crippen molar-refractivity contribution in [3.05, 3.63) is 60.2 Å². The first-order valence-corrected chi connectivity index (χ1v) is 13.5. The van der Waals surface area contributed by atoms with Gasteiger partial charge in [0.05, 0.1) is 17.2 Å². The van der Waals surface area contributed by atoms with E-state index in [0.717, 1.165) is 50.2 Å². The Kier molecular flexibility index (Phi) is 7.21. The third-order valence-corrected chi connectivity index (χ3v) is 8.19. The second-order valence-electron chi connectivity index (χ2n) is 10.4. The summed E-state index contributed by atoms with van der Waals surface area (Å²) >= 11 is 0. The van der Waals surface area contributed by atoms with Crippen molar-refractivity contribution in [1.82, 2.24) is 14.5 Å². The molecule has 34 heavy (non-hydrogen) atoms. The molecule has 182 valence electrons. The van der Waals surface area contributed by atoms with E-state index in [1.165, 1.54) is 49.6 Å². The Labute approximate surface area is 204 Å². The molecule has 0 bridgehead atoms. The molecule has 2 aliphatic rings. The normalized spacial score (nSPS) is 20.8. The zero-order chi connectivity index (χ0) is 23.4. The van der Waals surface area contributed by atoms with Crippen molar-refractivity contribution in [2.75, 3.05) is 18.4 Å². The third kappa shape index (κ3) is 4.60. The number of rotatable bonds is 7. The van der Waals surface area contributed by atoms with E-state index in [0.29, 0.717) is 6.04 Å². The van der Waals surface area contributed by atoms with Crippen LogP contribution in [0.5, 0.6) is 0 Å². The number of hydrogen-bond donors (Lipinski definition) is 2. The Morgan fingerprint density at radius 3 is 2.35 bits per heavy atom. The number of imidazole rings is 1. The molecule has 1 saturated heterocycles. The van der Waals surface area contributed by atoms with Gasteiger partial charge in [0.15, 0.2) is 0 Å². The molecule has 1 aliphatic heterocycles. The van der Waals surface area contributed by atoms with Crippen molar-refractivity contribution in [2.24, 2.45) is 5.73 Å². The van der Waals surface area contributed by atoms with E-state index in [-0.39, 0.29) is 11.7 Å². The number of fused-ring (bicyclic) bond motifs is 1. The molecular formula is C29H41N5. The maximum absolute atomic E-state index is 6.38. The molecular weight excluding hydrogens is 418 g/mol. The first-order chi connectivity index (χ1) is 16.7. The summed E-state index contributed by atoms with van der Waals surface area (Å²) in [5.41, 5.74) is 10.4. The minimum atomic E-state index is -0.0620. The van der Waals surface area contributed by atoms with Crippen LogP contribution in [0.25, 0.3) is 11.0 Å². The maximum Gasteiger partial charge on any atom is 0.205 e. The highest BCUT2D eigenvalue weighted by molar-refractivity contribution is 5.78. The number of nitrogens with two attached hydrogens (primary N) is 1. The maximum atomic E-state index is 6.38. The first-order valence-electron chi connectivity index (χ1n) is 13.5. The van der Waals surface area contributed by atoms with Crippen molar-refractivity contribution in [3.63, 3.8) is 0 Å². The van der Waals surface area contributed by atoms with Crippen LogP contribution in [-0.4, -0.2) is 33.7 Å². The molecule has 0 amide bonds. The zero-order valence-corrected chi connectivity index (χ0v) is 20.8. The molecule has 2 fully saturated rings. The van der Waals surface area contributed by atoms with Crippen LogP contribution in [0, 0.1) is 0 Å². The van der Waals surface area contributed by atoms with Gasteiger partial charge in [0, 0.05) is 24.7 Å². The number of hydrogen-bond acceptors (Lipinski definition) is 4. The molecule has 2 aromatic carbocycles. The molecule has 0 spiro atoms. The summed E-state index contributed by atoms with van der Waals surface area (Å²) in [7, 11) is 0. The highest BCUT2D eigenvalue weighted by Gasteiger charge is 2.40. The van der Waals surface area contributed by atoms with E-state index >= 15 is 0 Å². The molecule has 0 radical (unpaired) electrons. The molecule has 1 saturated carbocycles. The van der Waals surface area contributed by atoms with Gasteiger partial charge in [0.2, 0.25) is 5.95 Å². The predicted octanol–water partition coefficient (Wildman–Crippen LogP) is 6.42. The SMILES string of the molecule is CCCC(N)Nc1nc2ccccc2n1C1CCN(C2(c3ccccc3)CCCCCC2)CC1. The van der Waals surface area contributed by atoms with Gasteiger partial charge in [-0.3, -0.25) is 4.90 Å². The third-order valence-electron chi connectivity index (χ3n) is 8.19. The van der Waals surface area contributed by atoms with Crippen molar-refractivity contribution in [2.45, 2.75) is 88.9 Å². The number of benzene rings is 2. The molecule has 5 rings (SSSR count). The van der Waals surface area contributed by atoms with Crippen molar-refractivity contribution >= 4 is 17.0 Å². The second kappa shape index (κ2) is 10.5. The molecule has 2 heterocycles. The molecule has 5 nitrogen and oxygen atoms in total. The first kappa shape index (κ1) is 23.4. The predicted molar refractivity (Wildman–Crippen MR) is 142 cm³/mol. The van der Waals surface area contributed by atoms with Gasteiger partial charge in [-0.15, -0.1) is 0 Å². The lowest BCUT2D eigenvalue weighted by atomic mass is 9.79. The number of piperidine rings is 1. The van der Waals surface area contributed by atoms with Crippen molar-refractivity contribution in [1.29, 1.82) is 0 Å². The lowest BCUT2D eigenvalue weighted by Crippen LogP contribution is -2.50. The van der Waals surface area contributed by atoms with Crippen LogP contribution in [-0.2, 0) is 5.54 Å². The van der Waals surface area contributed by atoms with Gasteiger partial charge < -0.3 is 15.6 Å². The second-order valence-corrected chi connectivity index (χ2v) is 10.4. The number of aromatic nitrogens is 2. The van der Waals surface area contributed by atoms with Gasteiger partial charge in [-0.1, -0.05) is 81.5 Å². The van der Waals surface area contributed by atoms with Crippen molar-refractivity contribution < 1.29 is 0 Å². The Bertz CT molecular complexity index is 1040. The zero-order valence-electron chi connectivity index (χ0n) is 20.8. The summed E-state index contributed by atoms with van der Waals surface area (Å²) in [6.07, 6.45) is 12.2. The van der Waals surface area contributed by atoms with Gasteiger partial charge in [-0.05, 0) is 49.8 Å². The number of para-hydroxylation sites is 2. The average Bonchev–Trinajstić information content (AvgIpc) is 3.04. The van der Waals surface area contributed by atoms with Crippen LogP contribution >= 0.6 is 0 Å². The van der Waals surface area contributed by atoms with Gasteiger partial charge >= 0.3 is 0 Å². The monoisotopic (exact) mass is 459 g/mol. The number of nitrogens with one attached hydrogen (secondary N) is 1. The van der Waals surface area contributed by atoms with E-state index in [1.807, 2.05) is 0 Å². The van der Waals surface area contributed by atoms with Crippen LogP contribution in [0.1, 0.15) is 82.7 Å². The summed E-state index contributed by atoms with van der Waals surface area (Å²) in [5.74, 6) is 0.938. The Balaban J connectivity index is 1.40. The van der Waals surface area contributed by atoms with E-state index < -0.39 is 0 Å². The quantitative estimate of drug-likeness (QED) is 0.316. The topological polar surface area (TPSA) is 59.1 Å². The Morgan fingerprint density at radius 1 is 0.971 bits per heavy atom. The van der Waals surface area contributed by atoms with Gasteiger partial charge in [0.1, 0.15) is 0 Å². The molecule has 5 heteroatoms. The molecule has 1 aromatic heterocycles. The Hall–Kier alpha value is -2.37. The largest absolute Gasteiger partial charge is 0.341 e. The fourth-order valence-electron chi connectivity index (χ4n) is 6.47. The fourth-order valence-corrected chi connectivity index (χ4v) is 6.47. The summed E-state index contributed by atoms with van der Waals surface area (Å²) in [4.78, 5) is 7.78.